The third kappa shape index (κ3) is 4.32. The number of benzene rings is 1. The van der Waals surface area contributed by atoms with E-state index >= 15 is 0 Å². The van der Waals surface area contributed by atoms with Crippen molar-refractivity contribution < 1.29 is 45.0 Å². The molecule has 0 saturated heterocycles. The van der Waals surface area contributed by atoms with E-state index in [0.29, 0.717) is 64.2 Å². The normalized spacial score (nSPS) is 50.7. The molecule has 7 aliphatic carbocycles. The first-order valence-electron chi connectivity index (χ1n) is 21.0. The van der Waals surface area contributed by atoms with Gasteiger partial charge in [0.1, 0.15) is 23.1 Å². The first kappa shape index (κ1) is 37.4. The molecule has 0 amide bonds. The fraction of sp³-hybridized carbons (Fsp3) is 0.773. The van der Waals surface area contributed by atoms with Crippen LogP contribution in [-0.2, 0) is 27.4 Å². The molecule has 1 spiro atoms. The van der Waals surface area contributed by atoms with Gasteiger partial charge in [-0.05, 0) is 131 Å². The third-order valence-corrected chi connectivity index (χ3v) is 18.0. The maximum Gasteiger partial charge on any atom is 0.331 e. The number of ether oxygens (including phenoxy) is 1. The van der Waals surface area contributed by atoms with Crippen LogP contribution in [0, 0.1) is 58.2 Å². The Labute approximate surface area is 318 Å². The lowest BCUT2D eigenvalue weighted by atomic mass is 9.35. The van der Waals surface area contributed by atoms with Gasteiger partial charge in [-0.2, -0.15) is 0 Å². The van der Waals surface area contributed by atoms with Gasteiger partial charge in [0.2, 0.25) is 0 Å². The molecule has 1 aromatic carbocycles. The zero-order chi connectivity index (χ0) is 38.2. The molecule has 0 unspecified atom stereocenters. The molecule has 1 aromatic rings. The summed E-state index contributed by atoms with van der Waals surface area (Å²) < 4.78 is 6.49. The number of carbonyl (C=O) groups excluding carboxylic acids is 2. The lowest BCUT2D eigenvalue weighted by molar-refractivity contribution is -0.375. The van der Waals surface area contributed by atoms with Crippen LogP contribution in [0.5, 0.6) is 0 Å². The highest BCUT2D eigenvalue weighted by molar-refractivity contribution is 5.87. The molecule has 54 heavy (non-hydrogen) atoms. The molecule has 10 nitrogen and oxygen atoms in total. The minimum atomic E-state index is -2.12. The monoisotopic (exact) mass is 747 g/mol. The van der Waals surface area contributed by atoms with Gasteiger partial charge in [0.05, 0.1) is 29.8 Å². The van der Waals surface area contributed by atoms with Crippen molar-refractivity contribution in [3.8, 4) is 0 Å². The molecule has 7 N–H and O–H groups in total. The Hall–Kier alpha value is -2.18. The minimum absolute atomic E-state index is 0.0824. The number of hydrogen-bond donors (Lipinski definition) is 7. The number of nitrogens with one attached hydrogen (secondary N) is 1. The van der Waals surface area contributed by atoms with Gasteiger partial charge in [0, 0.05) is 41.2 Å². The number of rotatable bonds is 7. The van der Waals surface area contributed by atoms with E-state index in [4.69, 9.17) is 4.74 Å². The van der Waals surface area contributed by atoms with Gasteiger partial charge in [-0.1, -0.05) is 38.1 Å². The number of aliphatic hydroxyl groups is 6. The van der Waals surface area contributed by atoms with Crippen LogP contribution in [0.3, 0.4) is 0 Å². The van der Waals surface area contributed by atoms with Gasteiger partial charge in [-0.25, -0.2) is 4.79 Å². The largest absolute Gasteiger partial charge is 0.451 e. The fourth-order valence-electron chi connectivity index (χ4n) is 15.9. The van der Waals surface area contributed by atoms with Crippen molar-refractivity contribution in [1.82, 2.24) is 5.32 Å². The van der Waals surface area contributed by atoms with Crippen LogP contribution in [0.15, 0.2) is 35.9 Å². The molecule has 8 aliphatic rings. The second kappa shape index (κ2) is 12.4. The van der Waals surface area contributed by atoms with E-state index in [9.17, 15) is 40.2 Å². The van der Waals surface area contributed by atoms with Crippen molar-refractivity contribution in [2.24, 2.45) is 58.2 Å². The van der Waals surface area contributed by atoms with Gasteiger partial charge < -0.3 is 45.5 Å². The Bertz CT molecular complexity index is 1730. The maximum absolute atomic E-state index is 13.9. The van der Waals surface area contributed by atoms with E-state index < -0.39 is 63.2 Å². The molecule has 10 heteroatoms. The molecule has 1 aliphatic heterocycles. The molecule has 1 heterocycles. The van der Waals surface area contributed by atoms with E-state index in [-0.39, 0.29) is 61.0 Å². The van der Waals surface area contributed by atoms with Crippen LogP contribution in [0.2, 0.25) is 0 Å². The molecular formula is C44H61NO9. The Morgan fingerprint density at radius 2 is 1.70 bits per heavy atom. The second-order valence-corrected chi connectivity index (χ2v) is 19.6. The first-order chi connectivity index (χ1) is 25.7. The van der Waals surface area contributed by atoms with E-state index in [2.05, 4.69) is 19.2 Å². The molecule has 7 fully saturated rings. The van der Waals surface area contributed by atoms with Crippen LogP contribution in [0.4, 0.5) is 0 Å². The van der Waals surface area contributed by atoms with E-state index in [0.717, 1.165) is 29.4 Å². The van der Waals surface area contributed by atoms with Gasteiger partial charge >= 0.3 is 5.97 Å². The zero-order valence-electron chi connectivity index (χ0n) is 32.1. The molecule has 296 valence electrons. The number of fused-ring (bicyclic) bond motifs is 3. The summed E-state index contributed by atoms with van der Waals surface area (Å²) in [7, 11) is 1.92. The predicted octanol–water partition coefficient (Wildman–Crippen LogP) is 3.36. The van der Waals surface area contributed by atoms with Gasteiger partial charge in [0.15, 0.2) is 0 Å². The maximum atomic E-state index is 13.9. The number of likely N-dealkylation sites (N-methyl/N-ethyl adjacent to an activating group) is 1. The Morgan fingerprint density at radius 3 is 2.41 bits per heavy atom. The molecule has 9 rings (SSSR count). The van der Waals surface area contributed by atoms with E-state index in [1.807, 2.05) is 31.3 Å². The molecule has 7 saturated carbocycles. The van der Waals surface area contributed by atoms with E-state index in [1.54, 1.807) is 6.08 Å². The average molecular weight is 748 g/mol. The fourth-order valence-corrected chi connectivity index (χ4v) is 15.9. The summed E-state index contributed by atoms with van der Waals surface area (Å²) in [5.74, 6) is -3.10. The average Bonchev–Trinajstić information content (AvgIpc) is 3.51. The number of aliphatic hydroxyl groups excluding tert-OH is 3. The molecule has 0 aromatic heterocycles. The Kier molecular flexibility index (Phi) is 8.59. The van der Waals surface area contributed by atoms with Gasteiger partial charge in [0.25, 0.3) is 0 Å². The van der Waals surface area contributed by atoms with Crippen LogP contribution >= 0.6 is 0 Å². The van der Waals surface area contributed by atoms with Crippen molar-refractivity contribution in [2.45, 2.75) is 145 Å². The quantitative estimate of drug-likeness (QED) is 0.162. The first-order valence-corrected chi connectivity index (χ1v) is 21.0. The van der Waals surface area contributed by atoms with Crippen molar-refractivity contribution in [2.75, 3.05) is 7.05 Å². The van der Waals surface area contributed by atoms with Crippen LogP contribution in [-0.4, -0.2) is 90.6 Å². The number of aldehydes is 1. The summed E-state index contributed by atoms with van der Waals surface area (Å²) in [6.45, 7) is 4.16. The van der Waals surface area contributed by atoms with Crippen molar-refractivity contribution in [1.29, 1.82) is 0 Å². The number of carbonyl (C=O) groups is 2. The van der Waals surface area contributed by atoms with Crippen molar-refractivity contribution in [3.63, 3.8) is 0 Å². The Morgan fingerprint density at radius 1 is 0.944 bits per heavy atom. The standard InChI is InChI=1S/C44H61NO9/c1-24(2)25-9-10-29-34(48)11-15-40(23-47)35-12-16-39-13-6-14-41-30(33(45-3)19-26-7-4-5-8-27(26)22-46)18-28(37(39)31(41)20-36(49)54-41)21-42(39,51)44(35,53)38(50)32(17-25)43(29,40)52/h4-5,7-8,20,23-25,28-30,32-35,37-38,45-46,48,50-53H,6,9-19,21-22H2,1-3H3/t25-,28+,29+,30+,32+,33-,34+,35-,37-,38+,39-,40+,41-,42-,43-,44-/m1/s1. The summed E-state index contributed by atoms with van der Waals surface area (Å²) >= 11 is 0. The molecule has 16 atom stereocenters. The molecular weight excluding hydrogens is 686 g/mol. The lowest BCUT2D eigenvalue weighted by Crippen LogP contribution is -2.85. The predicted molar refractivity (Wildman–Crippen MR) is 198 cm³/mol. The summed E-state index contributed by atoms with van der Waals surface area (Å²) in [5.41, 5.74) is -6.12. The molecule has 2 bridgehead atoms. The van der Waals surface area contributed by atoms with E-state index in [1.165, 1.54) is 0 Å². The minimum Gasteiger partial charge on any atom is -0.451 e. The highest BCUT2D eigenvalue weighted by Gasteiger charge is 2.86. The second-order valence-electron chi connectivity index (χ2n) is 19.6. The Balaban J connectivity index is 1.18. The smallest absolute Gasteiger partial charge is 0.331 e. The number of esters is 1. The summed E-state index contributed by atoms with van der Waals surface area (Å²) in [6.07, 6.45) is 6.34. The van der Waals surface area contributed by atoms with Crippen molar-refractivity contribution >= 4 is 12.3 Å². The summed E-state index contributed by atoms with van der Waals surface area (Å²) in [5, 5.41) is 79.0. The third-order valence-electron chi connectivity index (χ3n) is 18.0. The molecule has 0 radical (unpaired) electrons. The SMILES string of the molecule is CN[C@H](Cc1ccccc1CO)[C@@H]1C[C@H]2C[C@@]3(O)[C@]4(CCC[C@@]15OC(=O)C=C5[C@@H]24)CC[C@H]1[C@@]3(O)[C@@H](O)[C@@H]2C[C@H](C(C)C)CC[C@H]3[C@@H](O)CC[C@@]1(C=O)[C@@]32O. The topological polar surface area (TPSA) is 177 Å². The highest BCUT2D eigenvalue weighted by Crippen LogP contribution is 2.79. The van der Waals surface area contributed by atoms with Crippen LogP contribution in [0.1, 0.15) is 102 Å². The van der Waals surface area contributed by atoms with Gasteiger partial charge in [-0.15, -0.1) is 0 Å². The van der Waals surface area contributed by atoms with Crippen LogP contribution in [0.25, 0.3) is 0 Å². The highest BCUT2D eigenvalue weighted by atomic mass is 16.6. The van der Waals surface area contributed by atoms with Gasteiger partial charge in [-0.3, -0.25) is 0 Å². The summed E-state index contributed by atoms with van der Waals surface area (Å²) in [4.78, 5) is 27.4. The lowest BCUT2D eigenvalue weighted by Gasteiger charge is -2.73. The number of hydrogen-bond acceptors (Lipinski definition) is 10. The van der Waals surface area contributed by atoms with Crippen molar-refractivity contribution in [3.05, 3.63) is 47.0 Å². The summed E-state index contributed by atoms with van der Waals surface area (Å²) in [6, 6.07) is 7.71. The zero-order valence-corrected chi connectivity index (χ0v) is 32.1. The van der Waals surface area contributed by atoms with Crippen LogP contribution < -0.4 is 5.32 Å².